The molecule has 72 valence electrons. The molecule has 0 nitrogen and oxygen atoms in total. The van der Waals surface area contributed by atoms with Crippen molar-refractivity contribution in [3.8, 4) is 0 Å². The molecule has 0 N–H and O–H groups in total. The second-order valence-corrected chi connectivity index (χ2v) is 4.38. The topological polar surface area (TPSA) is 0 Å². The average molecular weight is 176 g/mol. The van der Waals surface area contributed by atoms with E-state index in [0.29, 0.717) is 0 Å². The van der Waals surface area contributed by atoms with Crippen LogP contribution in [0.15, 0.2) is 23.8 Å². The molecule has 0 aliphatic heterocycles. The van der Waals surface area contributed by atoms with Crippen LogP contribution in [0.5, 0.6) is 0 Å². The van der Waals surface area contributed by atoms with E-state index in [4.69, 9.17) is 0 Å². The Labute approximate surface area is 81.7 Å². The Bertz CT molecular complexity index is 202. The minimum atomic E-state index is 0.937. The highest BCUT2D eigenvalue weighted by Crippen LogP contribution is 2.31. The van der Waals surface area contributed by atoms with Crippen molar-refractivity contribution in [3.05, 3.63) is 23.8 Å². The fourth-order valence-electron chi connectivity index (χ4n) is 2.60. The summed E-state index contributed by atoms with van der Waals surface area (Å²) in [5.74, 6) is 0.937. The van der Waals surface area contributed by atoms with E-state index in [9.17, 15) is 0 Å². The van der Waals surface area contributed by atoms with E-state index in [-0.39, 0.29) is 0 Å². The number of hydrogen-bond acceptors (Lipinski definition) is 0. The quantitative estimate of drug-likeness (QED) is 0.414. The fraction of sp³-hybridized carbons (Fsp3) is 0.692. The van der Waals surface area contributed by atoms with E-state index in [1.54, 1.807) is 5.57 Å². The van der Waals surface area contributed by atoms with Crippen LogP contribution in [0, 0.1) is 5.92 Å². The second-order valence-electron chi connectivity index (χ2n) is 4.38. The van der Waals surface area contributed by atoms with Crippen LogP contribution < -0.4 is 0 Å². The van der Waals surface area contributed by atoms with Crippen LogP contribution in [0.25, 0.3) is 0 Å². The molecular formula is C13H20. The van der Waals surface area contributed by atoms with Crippen LogP contribution in [0.4, 0.5) is 0 Å². The second kappa shape index (κ2) is 4.64. The predicted molar refractivity (Wildman–Crippen MR) is 57.6 cm³/mol. The zero-order chi connectivity index (χ0) is 8.93. The van der Waals surface area contributed by atoms with E-state index in [2.05, 4.69) is 18.2 Å². The van der Waals surface area contributed by atoms with Crippen molar-refractivity contribution < 1.29 is 0 Å². The summed E-state index contributed by atoms with van der Waals surface area (Å²) >= 11 is 0. The summed E-state index contributed by atoms with van der Waals surface area (Å²) in [6.07, 6.45) is 18.3. The fourth-order valence-corrected chi connectivity index (χ4v) is 2.60. The predicted octanol–water partition coefficient (Wildman–Crippen LogP) is 4.23. The third-order valence-corrected chi connectivity index (χ3v) is 3.42. The molecule has 0 unspecified atom stereocenters. The number of allylic oxidation sites excluding steroid dienone is 4. The molecule has 1 saturated carbocycles. The monoisotopic (exact) mass is 176 g/mol. The van der Waals surface area contributed by atoms with Gasteiger partial charge in [-0.2, -0.15) is 0 Å². The molecule has 0 amide bonds. The molecule has 0 heterocycles. The van der Waals surface area contributed by atoms with Gasteiger partial charge in [-0.1, -0.05) is 49.5 Å². The summed E-state index contributed by atoms with van der Waals surface area (Å²) < 4.78 is 0. The van der Waals surface area contributed by atoms with E-state index in [1.807, 2.05) is 0 Å². The van der Waals surface area contributed by atoms with Gasteiger partial charge in [0.15, 0.2) is 0 Å². The Hall–Kier alpha value is -0.520. The summed E-state index contributed by atoms with van der Waals surface area (Å²) in [5, 5.41) is 0. The lowest BCUT2D eigenvalue weighted by Gasteiger charge is -2.19. The van der Waals surface area contributed by atoms with Gasteiger partial charge < -0.3 is 0 Å². The standard InChI is InChI=1S/C13H20/c1-2-5-9-12(8-4-1)13-10-6-3-7-11-13/h3,6,11-12H,1-2,4-5,7-10H2. The van der Waals surface area contributed by atoms with Crippen LogP contribution in [-0.4, -0.2) is 0 Å². The molecule has 1 fully saturated rings. The molecule has 2 aliphatic carbocycles. The van der Waals surface area contributed by atoms with Gasteiger partial charge in [-0.25, -0.2) is 0 Å². The van der Waals surface area contributed by atoms with E-state index < -0.39 is 0 Å². The first-order valence-corrected chi connectivity index (χ1v) is 5.81. The molecule has 0 atom stereocenters. The number of rotatable bonds is 1. The minimum absolute atomic E-state index is 0.937. The largest absolute Gasteiger partial charge is 0.0844 e. The van der Waals surface area contributed by atoms with Crippen molar-refractivity contribution in [1.82, 2.24) is 0 Å². The Kier molecular flexibility index (Phi) is 3.23. The Balaban J connectivity index is 1.93. The van der Waals surface area contributed by atoms with Crippen molar-refractivity contribution in [1.29, 1.82) is 0 Å². The third-order valence-electron chi connectivity index (χ3n) is 3.42. The van der Waals surface area contributed by atoms with Gasteiger partial charge in [0, 0.05) is 0 Å². The van der Waals surface area contributed by atoms with Crippen molar-refractivity contribution in [2.75, 3.05) is 0 Å². The van der Waals surface area contributed by atoms with Crippen LogP contribution in [0.2, 0.25) is 0 Å². The molecule has 13 heavy (non-hydrogen) atoms. The molecule has 0 saturated heterocycles. The van der Waals surface area contributed by atoms with Crippen LogP contribution in [-0.2, 0) is 0 Å². The lowest BCUT2D eigenvalue weighted by atomic mass is 9.87. The Morgan fingerprint density at radius 1 is 0.923 bits per heavy atom. The smallest absolute Gasteiger partial charge is 0.0136 e. The van der Waals surface area contributed by atoms with Crippen molar-refractivity contribution in [2.24, 2.45) is 5.92 Å². The summed E-state index contributed by atoms with van der Waals surface area (Å²) in [5.41, 5.74) is 1.74. The summed E-state index contributed by atoms with van der Waals surface area (Å²) in [7, 11) is 0. The molecular weight excluding hydrogens is 156 g/mol. The van der Waals surface area contributed by atoms with Crippen molar-refractivity contribution in [3.63, 3.8) is 0 Å². The number of hydrogen-bond donors (Lipinski definition) is 0. The maximum Gasteiger partial charge on any atom is -0.0136 e. The van der Waals surface area contributed by atoms with Gasteiger partial charge in [0.2, 0.25) is 0 Å². The van der Waals surface area contributed by atoms with Gasteiger partial charge in [-0.15, -0.1) is 0 Å². The van der Waals surface area contributed by atoms with E-state index in [1.165, 1.54) is 51.4 Å². The molecule has 0 aromatic carbocycles. The maximum absolute atomic E-state index is 2.47. The van der Waals surface area contributed by atoms with Crippen molar-refractivity contribution in [2.45, 2.75) is 51.4 Å². The molecule has 0 radical (unpaired) electrons. The zero-order valence-corrected chi connectivity index (χ0v) is 8.47. The lowest BCUT2D eigenvalue weighted by Crippen LogP contribution is -2.04. The highest BCUT2D eigenvalue weighted by atomic mass is 14.2. The zero-order valence-electron chi connectivity index (χ0n) is 8.47. The molecule has 2 aliphatic rings. The van der Waals surface area contributed by atoms with Crippen LogP contribution in [0.1, 0.15) is 51.4 Å². The van der Waals surface area contributed by atoms with Gasteiger partial charge in [0.05, 0.1) is 0 Å². The summed E-state index contributed by atoms with van der Waals surface area (Å²) in [4.78, 5) is 0. The Morgan fingerprint density at radius 2 is 1.69 bits per heavy atom. The highest BCUT2D eigenvalue weighted by molar-refractivity contribution is 5.17. The van der Waals surface area contributed by atoms with Crippen LogP contribution in [0.3, 0.4) is 0 Å². The van der Waals surface area contributed by atoms with Gasteiger partial charge >= 0.3 is 0 Å². The van der Waals surface area contributed by atoms with Gasteiger partial charge in [0.1, 0.15) is 0 Å². The van der Waals surface area contributed by atoms with Gasteiger partial charge in [-0.3, -0.25) is 0 Å². The first-order valence-electron chi connectivity index (χ1n) is 5.81. The molecule has 0 spiro atoms. The Morgan fingerprint density at radius 3 is 2.31 bits per heavy atom. The first kappa shape index (κ1) is 9.05. The van der Waals surface area contributed by atoms with Gasteiger partial charge in [-0.05, 0) is 31.6 Å². The SMILES string of the molecule is C1=CCC(C2CCCCCC2)=CC1. The molecule has 0 aromatic heterocycles. The average Bonchev–Trinajstić information content (AvgIpc) is 2.47. The minimum Gasteiger partial charge on any atom is -0.0844 e. The normalized spacial score (nSPS) is 25.4. The first-order chi connectivity index (χ1) is 6.47. The third kappa shape index (κ3) is 2.46. The van der Waals surface area contributed by atoms with Crippen LogP contribution >= 0.6 is 0 Å². The molecule has 0 heteroatoms. The molecule has 2 rings (SSSR count). The molecule has 0 aromatic rings. The molecule has 0 bridgehead atoms. The highest BCUT2D eigenvalue weighted by Gasteiger charge is 2.16. The van der Waals surface area contributed by atoms with E-state index in [0.717, 1.165) is 5.92 Å². The summed E-state index contributed by atoms with van der Waals surface area (Å²) in [6.45, 7) is 0. The maximum atomic E-state index is 2.47. The van der Waals surface area contributed by atoms with Crippen molar-refractivity contribution >= 4 is 0 Å². The lowest BCUT2D eigenvalue weighted by molar-refractivity contribution is 0.519. The van der Waals surface area contributed by atoms with Gasteiger partial charge in [0.25, 0.3) is 0 Å². The summed E-state index contributed by atoms with van der Waals surface area (Å²) in [6, 6.07) is 0. The van der Waals surface area contributed by atoms with E-state index >= 15 is 0 Å².